The Morgan fingerprint density at radius 2 is 1.94 bits per heavy atom. The molecule has 0 spiro atoms. The third-order valence-corrected chi connectivity index (χ3v) is 2.88. The van der Waals surface area contributed by atoms with E-state index < -0.39 is 0 Å². The molecule has 1 aromatic heterocycles. The highest BCUT2D eigenvalue weighted by Gasteiger charge is 2.03. The third-order valence-electron chi connectivity index (χ3n) is 2.01. The molecule has 0 aromatic carbocycles. The monoisotopic (exact) mass is 240 g/mol. The molecule has 4 nitrogen and oxygen atoms in total. The van der Waals surface area contributed by atoms with Gasteiger partial charge in [0.1, 0.15) is 0 Å². The molecule has 0 aliphatic carbocycles. The number of carbonyl (C=O) groups excluding carboxylic acids is 2. The number of hydrogen-bond donors (Lipinski definition) is 2. The molecule has 0 aliphatic heterocycles. The summed E-state index contributed by atoms with van der Waals surface area (Å²) in [5.74, 6) is 0.000651. The topological polar surface area (TPSA) is 58.2 Å². The molecule has 0 aliphatic rings. The molecule has 88 valence electrons. The molecule has 0 saturated heterocycles. The Balaban J connectivity index is 2.09. The van der Waals surface area contributed by atoms with Crippen LogP contribution >= 0.6 is 11.3 Å². The minimum atomic E-state index is -0.00630. The third kappa shape index (κ3) is 4.93. The molecule has 2 amide bonds. The number of thiophene rings is 1. The fraction of sp³-hybridized carbons (Fsp3) is 0.455. The number of carbonyl (C=O) groups is 2. The van der Waals surface area contributed by atoms with Crippen LogP contribution in [0.25, 0.3) is 0 Å². The first-order valence-electron chi connectivity index (χ1n) is 5.28. The second-order valence-corrected chi connectivity index (χ2v) is 4.34. The molecule has 0 bridgehead atoms. The average Bonchev–Trinajstić information content (AvgIpc) is 2.76. The van der Waals surface area contributed by atoms with Crippen LogP contribution in [0.1, 0.15) is 18.2 Å². The van der Waals surface area contributed by atoms with E-state index >= 15 is 0 Å². The quantitative estimate of drug-likeness (QED) is 0.727. The maximum Gasteiger partial charge on any atom is 0.225 e. The van der Waals surface area contributed by atoms with Crippen molar-refractivity contribution < 1.29 is 9.59 Å². The first-order chi connectivity index (χ1) is 7.72. The molecule has 0 unspecified atom stereocenters. The molecule has 1 aromatic rings. The van der Waals surface area contributed by atoms with Gasteiger partial charge in [-0.15, -0.1) is 11.3 Å². The van der Waals surface area contributed by atoms with Gasteiger partial charge in [-0.05, 0) is 11.4 Å². The molecule has 1 rings (SSSR count). The summed E-state index contributed by atoms with van der Waals surface area (Å²) in [7, 11) is 0. The van der Waals surface area contributed by atoms with Gasteiger partial charge >= 0.3 is 0 Å². The molecule has 0 radical (unpaired) electrons. The molecule has 0 atom stereocenters. The Labute approximate surface area is 99.0 Å². The Morgan fingerprint density at radius 1 is 1.25 bits per heavy atom. The van der Waals surface area contributed by atoms with E-state index in [0.29, 0.717) is 25.9 Å². The zero-order chi connectivity index (χ0) is 11.8. The lowest BCUT2D eigenvalue weighted by Crippen LogP contribution is -2.34. The van der Waals surface area contributed by atoms with Crippen LogP contribution in [-0.4, -0.2) is 24.9 Å². The Bertz CT molecular complexity index is 336. The van der Waals surface area contributed by atoms with Gasteiger partial charge in [0.05, 0.1) is 6.42 Å². The van der Waals surface area contributed by atoms with Crippen LogP contribution in [0, 0.1) is 0 Å². The second-order valence-electron chi connectivity index (χ2n) is 3.31. The zero-order valence-electron chi connectivity index (χ0n) is 9.29. The fourth-order valence-corrected chi connectivity index (χ4v) is 1.87. The van der Waals surface area contributed by atoms with E-state index in [1.807, 2.05) is 17.5 Å². The number of rotatable bonds is 6. The summed E-state index contributed by atoms with van der Waals surface area (Å²) in [6.07, 6.45) is 0.891. The SMILES string of the molecule is CCC(=O)NCCNC(=O)Cc1cccs1. The van der Waals surface area contributed by atoms with Crippen LogP contribution in [0.2, 0.25) is 0 Å². The van der Waals surface area contributed by atoms with Gasteiger partial charge in [-0.2, -0.15) is 0 Å². The van der Waals surface area contributed by atoms with Crippen molar-refractivity contribution in [1.29, 1.82) is 0 Å². The maximum absolute atomic E-state index is 11.4. The van der Waals surface area contributed by atoms with Gasteiger partial charge in [0.15, 0.2) is 0 Å². The highest BCUT2D eigenvalue weighted by molar-refractivity contribution is 7.10. The summed E-state index contributed by atoms with van der Waals surface area (Å²) >= 11 is 1.57. The lowest BCUT2D eigenvalue weighted by molar-refractivity contribution is -0.122. The summed E-state index contributed by atoms with van der Waals surface area (Å²) in [5.41, 5.74) is 0. The highest BCUT2D eigenvalue weighted by atomic mass is 32.1. The summed E-state index contributed by atoms with van der Waals surface area (Å²) in [6, 6.07) is 3.86. The number of hydrogen-bond acceptors (Lipinski definition) is 3. The minimum absolute atomic E-state index is 0.00630. The first kappa shape index (κ1) is 12.7. The average molecular weight is 240 g/mol. The van der Waals surface area contributed by atoms with Gasteiger partial charge in [0, 0.05) is 24.4 Å². The van der Waals surface area contributed by atoms with E-state index in [4.69, 9.17) is 0 Å². The van der Waals surface area contributed by atoms with E-state index in [1.54, 1.807) is 18.3 Å². The number of amides is 2. The summed E-state index contributed by atoms with van der Waals surface area (Å²) in [6.45, 7) is 2.77. The van der Waals surface area contributed by atoms with Gasteiger partial charge < -0.3 is 10.6 Å². The first-order valence-corrected chi connectivity index (χ1v) is 6.16. The Morgan fingerprint density at radius 3 is 2.50 bits per heavy atom. The van der Waals surface area contributed by atoms with E-state index in [0.717, 1.165) is 4.88 Å². The molecular weight excluding hydrogens is 224 g/mol. The van der Waals surface area contributed by atoms with Gasteiger partial charge in [0.2, 0.25) is 11.8 Å². The van der Waals surface area contributed by atoms with Crippen molar-refractivity contribution in [3.63, 3.8) is 0 Å². The summed E-state index contributed by atoms with van der Waals surface area (Å²) in [5, 5.41) is 7.40. The van der Waals surface area contributed by atoms with Crippen LogP contribution in [0.3, 0.4) is 0 Å². The molecular formula is C11H16N2O2S. The van der Waals surface area contributed by atoms with Crippen LogP contribution in [0.15, 0.2) is 17.5 Å². The van der Waals surface area contributed by atoms with Crippen LogP contribution in [-0.2, 0) is 16.0 Å². The maximum atomic E-state index is 11.4. The van der Waals surface area contributed by atoms with Crippen molar-refractivity contribution in [2.24, 2.45) is 0 Å². The normalized spacial score (nSPS) is 9.81. The van der Waals surface area contributed by atoms with E-state index in [9.17, 15) is 9.59 Å². The molecule has 0 fully saturated rings. The predicted molar refractivity (Wildman–Crippen MR) is 64.3 cm³/mol. The summed E-state index contributed by atoms with van der Waals surface area (Å²) < 4.78 is 0. The molecule has 5 heteroatoms. The van der Waals surface area contributed by atoms with E-state index in [2.05, 4.69) is 10.6 Å². The molecule has 1 heterocycles. The predicted octanol–water partition coefficient (Wildman–Crippen LogP) is 0.933. The molecule has 2 N–H and O–H groups in total. The minimum Gasteiger partial charge on any atom is -0.354 e. The van der Waals surface area contributed by atoms with Gasteiger partial charge in [0.25, 0.3) is 0 Å². The largest absolute Gasteiger partial charge is 0.354 e. The molecule has 0 saturated carbocycles. The lowest BCUT2D eigenvalue weighted by Gasteiger charge is -2.05. The second kappa shape index (κ2) is 7.00. The van der Waals surface area contributed by atoms with Crippen LogP contribution < -0.4 is 10.6 Å². The Hall–Kier alpha value is -1.36. The van der Waals surface area contributed by atoms with Crippen molar-refractivity contribution in [3.8, 4) is 0 Å². The standard InChI is InChI=1S/C11H16N2O2S/c1-2-10(14)12-5-6-13-11(15)8-9-4-3-7-16-9/h3-4,7H,2,5-6,8H2,1H3,(H,12,14)(H,13,15). The Kier molecular flexibility index (Phi) is 5.56. The van der Waals surface area contributed by atoms with Crippen molar-refractivity contribution in [1.82, 2.24) is 10.6 Å². The van der Waals surface area contributed by atoms with Crippen molar-refractivity contribution >= 4 is 23.2 Å². The van der Waals surface area contributed by atoms with E-state index in [-0.39, 0.29) is 11.8 Å². The molecule has 16 heavy (non-hydrogen) atoms. The van der Waals surface area contributed by atoms with Gasteiger partial charge in [-0.1, -0.05) is 13.0 Å². The number of nitrogens with one attached hydrogen (secondary N) is 2. The van der Waals surface area contributed by atoms with Gasteiger partial charge in [-0.3, -0.25) is 9.59 Å². The van der Waals surface area contributed by atoms with Crippen LogP contribution in [0.5, 0.6) is 0 Å². The van der Waals surface area contributed by atoms with Crippen LogP contribution in [0.4, 0.5) is 0 Å². The summed E-state index contributed by atoms with van der Waals surface area (Å²) in [4.78, 5) is 23.3. The lowest BCUT2D eigenvalue weighted by atomic mass is 10.3. The zero-order valence-corrected chi connectivity index (χ0v) is 10.1. The van der Waals surface area contributed by atoms with Crippen molar-refractivity contribution in [2.75, 3.05) is 13.1 Å². The van der Waals surface area contributed by atoms with Crippen molar-refractivity contribution in [2.45, 2.75) is 19.8 Å². The fourth-order valence-electron chi connectivity index (χ4n) is 1.16. The van der Waals surface area contributed by atoms with Gasteiger partial charge in [-0.25, -0.2) is 0 Å². The van der Waals surface area contributed by atoms with E-state index in [1.165, 1.54) is 0 Å². The van der Waals surface area contributed by atoms with Crippen molar-refractivity contribution in [3.05, 3.63) is 22.4 Å². The smallest absolute Gasteiger partial charge is 0.225 e. The highest BCUT2D eigenvalue weighted by Crippen LogP contribution is 2.08.